The Labute approximate surface area is 126 Å². The first-order valence-electron chi connectivity index (χ1n) is 8.98. The summed E-state index contributed by atoms with van der Waals surface area (Å²) in [5.41, 5.74) is 0. The lowest BCUT2D eigenvalue weighted by atomic mass is 9.78. The van der Waals surface area contributed by atoms with Gasteiger partial charge in [0.2, 0.25) is 0 Å². The van der Waals surface area contributed by atoms with Crippen LogP contribution in [0.2, 0.25) is 0 Å². The summed E-state index contributed by atoms with van der Waals surface area (Å²) >= 11 is 0. The molecule has 3 heteroatoms. The molecule has 2 rings (SSSR count). The lowest BCUT2D eigenvalue weighted by Crippen LogP contribution is -2.51. The van der Waals surface area contributed by atoms with E-state index in [0.717, 1.165) is 18.0 Å². The van der Waals surface area contributed by atoms with E-state index in [1.807, 2.05) is 0 Å². The molecular formula is C17H35N3. The highest BCUT2D eigenvalue weighted by atomic mass is 15.2. The molecule has 0 spiro atoms. The van der Waals surface area contributed by atoms with E-state index < -0.39 is 0 Å². The Balaban J connectivity index is 1.64. The molecule has 2 unspecified atom stereocenters. The molecule has 0 amide bonds. The second-order valence-electron chi connectivity index (χ2n) is 6.60. The number of rotatable bonds is 11. The Morgan fingerprint density at radius 1 is 0.900 bits per heavy atom. The quantitative estimate of drug-likeness (QED) is 0.628. The minimum absolute atomic E-state index is 0.864. The van der Waals surface area contributed by atoms with Crippen molar-refractivity contribution in [3.63, 3.8) is 0 Å². The van der Waals surface area contributed by atoms with Crippen molar-refractivity contribution in [2.45, 2.75) is 65.0 Å². The largest absolute Gasteiger partial charge is 0.314 e. The van der Waals surface area contributed by atoms with E-state index >= 15 is 0 Å². The van der Waals surface area contributed by atoms with E-state index in [-0.39, 0.29) is 0 Å². The molecular weight excluding hydrogens is 246 g/mol. The van der Waals surface area contributed by atoms with Crippen molar-refractivity contribution in [2.75, 3.05) is 39.3 Å². The zero-order chi connectivity index (χ0) is 14.4. The maximum absolute atomic E-state index is 3.73. The molecule has 20 heavy (non-hydrogen) atoms. The van der Waals surface area contributed by atoms with E-state index in [2.05, 4.69) is 35.9 Å². The molecule has 3 nitrogen and oxygen atoms in total. The van der Waals surface area contributed by atoms with Gasteiger partial charge in [0.05, 0.1) is 0 Å². The molecule has 0 saturated heterocycles. The monoisotopic (exact) mass is 281 g/mol. The summed E-state index contributed by atoms with van der Waals surface area (Å²) in [7, 11) is 0. The molecule has 2 aliphatic rings. The Morgan fingerprint density at radius 2 is 1.65 bits per heavy atom. The van der Waals surface area contributed by atoms with Gasteiger partial charge in [-0.3, -0.25) is 0 Å². The van der Waals surface area contributed by atoms with Gasteiger partial charge in [-0.15, -0.1) is 0 Å². The summed E-state index contributed by atoms with van der Waals surface area (Å²) in [6, 6.07) is 1.73. The number of hydrogen-bond acceptors (Lipinski definition) is 3. The first kappa shape index (κ1) is 16.3. The van der Waals surface area contributed by atoms with Crippen molar-refractivity contribution in [1.82, 2.24) is 15.1 Å². The Bertz CT molecular complexity index is 261. The van der Waals surface area contributed by atoms with Gasteiger partial charge in [0.15, 0.2) is 0 Å². The van der Waals surface area contributed by atoms with Crippen LogP contribution in [0, 0.1) is 5.92 Å². The van der Waals surface area contributed by atoms with E-state index in [1.54, 1.807) is 0 Å². The first-order valence-corrected chi connectivity index (χ1v) is 8.98. The lowest BCUT2D eigenvalue weighted by Gasteiger charge is -2.44. The van der Waals surface area contributed by atoms with Crippen molar-refractivity contribution in [2.24, 2.45) is 5.92 Å². The second-order valence-corrected chi connectivity index (χ2v) is 6.60. The highest BCUT2D eigenvalue weighted by molar-refractivity contribution is 4.92. The van der Waals surface area contributed by atoms with Crippen molar-refractivity contribution in [3.05, 3.63) is 0 Å². The second kappa shape index (κ2) is 8.35. The zero-order valence-electron chi connectivity index (χ0n) is 13.9. The number of nitrogens with zero attached hydrogens (tertiary/aromatic N) is 2. The van der Waals surface area contributed by atoms with E-state index in [9.17, 15) is 0 Å². The van der Waals surface area contributed by atoms with Crippen LogP contribution in [0.3, 0.4) is 0 Å². The fourth-order valence-corrected chi connectivity index (χ4v) is 3.47. The minimum atomic E-state index is 0.864. The highest BCUT2D eigenvalue weighted by Gasteiger charge is 2.35. The van der Waals surface area contributed by atoms with Crippen LogP contribution >= 0.6 is 0 Å². The molecule has 0 bridgehead atoms. The number of nitrogens with one attached hydrogen (secondary N) is 1. The van der Waals surface area contributed by atoms with Crippen LogP contribution in [0.25, 0.3) is 0 Å². The predicted octanol–water partition coefficient (Wildman–Crippen LogP) is 2.57. The maximum atomic E-state index is 3.73. The van der Waals surface area contributed by atoms with Gasteiger partial charge in [-0.25, -0.2) is 0 Å². The van der Waals surface area contributed by atoms with E-state index in [1.165, 1.54) is 71.4 Å². The molecule has 118 valence electrons. The van der Waals surface area contributed by atoms with Crippen LogP contribution in [-0.4, -0.2) is 61.2 Å². The molecule has 0 heterocycles. The third kappa shape index (κ3) is 4.71. The predicted molar refractivity (Wildman–Crippen MR) is 87.2 cm³/mol. The standard InChI is InChI=1S/C17H35N3/c1-4-19(5-2)12-7-13-20(6-3)17-11-8-15(17)14-18-16-9-10-16/h15-18H,4-14H2,1-3H3. The number of hydrogen-bond donors (Lipinski definition) is 1. The normalized spacial score (nSPS) is 26.2. The van der Waals surface area contributed by atoms with E-state index in [0.29, 0.717) is 0 Å². The van der Waals surface area contributed by atoms with Gasteiger partial charge in [-0.1, -0.05) is 20.8 Å². The van der Waals surface area contributed by atoms with Gasteiger partial charge >= 0.3 is 0 Å². The molecule has 2 fully saturated rings. The molecule has 2 saturated carbocycles. The summed E-state index contributed by atoms with van der Waals surface area (Å²) < 4.78 is 0. The molecule has 0 aromatic carbocycles. The molecule has 0 aromatic heterocycles. The topological polar surface area (TPSA) is 18.5 Å². The summed E-state index contributed by atoms with van der Waals surface area (Å²) in [6.07, 6.45) is 7.03. The van der Waals surface area contributed by atoms with Crippen LogP contribution in [0.1, 0.15) is 52.9 Å². The SMILES string of the molecule is CCN(CC)CCCN(CC)C1CCC1CNC1CC1. The molecule has 0 aromatic rings. The third-order valence-electron chi connectivity index (χ3n) is 5.31. The fraction of sp³-hybridized carbons (Fsp3) is 1.00. The van der Waals surface area contributed by atoms with Crippen molar-refractivity contribution in [1.29, 1.82) is 0 Å². The van der Waals surface area contributed by atoms with Crippen LogP contribution in [0.4, 0.5) is 0 Å². The summed E-state index contributed by atoms with van der Waals surface area (Å²) in [4.78, 5) is 5.28. The third-order valence-corrected chi connectivity index (χ3v) is 5.31. The highest BCUT2D eigenvalue weighted by Crippen LogP contribution is 2.32. The Hall–Kier alpha value is -0.120. The Morgan fingerprint density at radius 3 is 2.15 bits per heavy atom. The molecule has 1 N–H and O–H groups in total. The van der Waals surface area contributed by atoms with Crippen LogP contribution < -0.4 is 5.32 Å². The summed E-state index contributed by atoms with van der Waals surface area (Å²) in [6.45, 7) is 14.3. The first-order chi connectivity index (χ1) is 9.78. The summed E-state index contributed by atoms with van der Waals surface area (Å²) in [5, 5.41) is 3.73. The zero-order valence-corrected chi connectivity index (χ0v) is 13.9. The average molecular weight is 281 g/mol. The van der Waals surface area contributed by atoms with Crippen LogP contribution in [0.15, 0.2) is 0 Å². The molecule has 2 aliphatic carbocycles. The smallest absolute Gasteiger partial charge is 0.0136 e. The Kier molecular flexibility index (Phi) is 6.79. The van der Waals surface area contributed by atoms with Crippen LogP contribution in [0.5, 0.6) is 0 Å². The lowest BCUT2D eigenvalue weighted by molar-refractivity contribution is 0.0624. The maximum Gasteiger partial charge on any atom is 0.0136 e. The van der Waals surface area contributed by atoms with E-state index in [4.69, 9.17) is 0 Å². The summed E-state index contributed by atoms with van der Waals surface area (Å²) in [5.74, 6) is 0.920. The fourth-order valence-electron chi connectivity index (χ4n) is 3.47. The molecule has 2 atom stereocenters. The minimum Gasteiger partial charge on any atom is -0.314 e. The van der Waals surface area contributed by atoms with Crippen molar-refractivity contribution >= 4 is 0 Å². The average Bonchev–Trinajstić information content (AvgIpc) is 3.25. The van der Waals surface area contributed by atoms with Crippen LogP contribution in [-0.2, 0) is 0 Å². The van der Waals surface area contributed by atoms with Gasteiger partial charge in [0, 0.05) is 12.1 Å². The van der Waals surface area contributed by atoms with Gasteiger partial charge in [0.25, 0.3) is 0 Å². The molecule has 0 aliphatic heterocycles. The van der Waals surface area contributed by atoms with Gasteiger partial charge in [-0.2, -0.15) is 0 Å². The van der Waals surface area contributed by atoms with Crippen molar-refractivity contribution in [3.8, 4) is 0 Å². The van der Waals surface area contributed by atoms with Gasteiger partial charge in [0.1, 0.15) is 0 Å². The van der Waals surface area contributed by atoms with Gasteiger partial charge < -0.3 is 15.1 Å². The molecule has 0 radical (unpaired) electrons. The van der Waals surface area contributed by atoms with Gasteiger partial charge in [-0.05, 0) is 77.3 Å². The van der Waals surface area contributed by atoms with Crippen molar-refractivity contribution < 1.29 is 0 Å².